The highest BCUT2D eigenvalue weighted by molar-refractivity contribution is 7.09. The van der Waals surface area contributed by atoms with Crippen molar-refractivity contribution in [1.29, 1.82) is 0 Å². The van der Waals surface area contributed by atoms with Gasteiger partial charge in [-0.25, -0.2) is 9.37 Å². The van der Waals surface area contributed by atoms with Gasteiger partial charge in [-0.2, -0.15) is 13.2 Å². The monoisotopic (exact) mass is 469 g/mol. The molecule has 32 heavy (non-hydrogen) atoms. The minimum absolute atomic E-state index is 0.0104. The van der Waals surface area contributed by atoms with Crippen molar-refractivity contribution in [2.75, 3.05) is 0 Å². The van der Waals surface area contributed by atoms with Gasteiger partial charge in [0.1, 0.15) is 23.2 Å². The molecule has 3 rings (SSSR count). The van der Waals surface area contributed by atoms with Crippen LogP contribution >= 0.6 is 11.3 Å². The number of benzene rings is 2. The Bertz CT molecular complexity index is 1170. The fraction of sp³-hybridized carbons (Fsp3) is 0.318. The zero-order valence-corrected chi connectivity index (χ0v) is 17.9. The lowest BCUT2D eigenvalue weighted by atomic mass is 9.86. The Morgan fingerprint density at radius 2 is 1.81 bits per heavy atom. The smallest absolute Gasteiger partial charge is 0.434 e. The minimum atomic E-state index is -4.59. The summed E-state index contributed by atoms with van der Waals surface area (Å²) >= 11 is 0.755. The number of alkyl halides is 3. The molecule has 3 aromatic rings. The number of thiazole rings is 1. The normalized spacial score (nSPS) is 12.2. The highest BCUT2D eigenvalue weighted by Crippen LogP contribution is 2.36. The van der Waals surface area contributed by atoms with E-state index in [0.717, 1.165) is 22.8 Å². The zero-order chi connectivity index (χ0) is 23.7. The quantitative estimate of drug-likeness (QED) is 0.318. The van der Waals surface area contributed by atoms with E-state index in [9.17, 15) is 32.3 Å². The fourth-order valence-corrected chi connectivity index (χ4v) is 3.69. The van der Waals surface area contributed by atoms with Crippen molar-refractivity contribution in [1.82, 2.24) is 4.98 Å². The number of rotatable bonds is 8. The fourth-order valence-electron chi connectivity index (χ4n) is 2.98. The Kier molecular flexibility index (Phi) is 6.54. The lowest BCUT2D eigenvalue weighted by Gasteiger charge is -2.19. The maximum Gasteiger partial charge on any atom is 0.434 e. The van der Waals surface area contributed by atoms with Crippen LogP contribution in [0, 0.1) is 11.2 Å². The molecule has 0 fully saturated rings. The number of Topliss-reactive ketones (excluding diaryl/α,β-unsaturated/α-hetero) is 1. The summed E-state index contributed by atoms with van der Waals surface area (Å²) in [4.78, 5) is 27.7. The molecule has 0 saturated carbocycles. The molecule has 5 nitrogen and oxygen atoms in total. The number of halogens is 4. The Balaban J connectivity index is 1.94. The average molecular weight is 469 g/mol. The molecule has 1 heterocycles. The largest absolute Gasteiger partial charge is 0.485 e. The number of hydrogen-bond acceptors (Lipinski definition) is 5. The molecular weight excluding hydrogens is 450 g/mol. The van der Waals surface area contributed by atoms with Crippen LogP contribution in [0.5, 0.6) is 5.75 Å². The predicted octanol–water partition coefficient (Wildman–Crippen LogP) is 6.11. The van der Waals surface area contributed by atoms with Crippen molar-refractivity contribution in [3.8, 4) is 5.75 Å². The summed E-state index contributed by atoms with van der Waals surface area (Å²) in [6, 6.07) is 7.25. The van der Waals surface area contributed by atoms with Gasteiger partial charge in [-0.3, -0.25) is 9.59 Å². The summed E-state index contributed by atoms with van der Waals surface area (Å²) < 4.78 is 58.7. The van der Waals surface area contributed by atoms with Crippen LogP contribution in [0.4, 0.5) is 17.6 Å². The molecule has 1 N–H and O–H groups in total. The van der Waals surface area contributed by atoms with Crippen LogP contribution in [-0.4, -0.2) is 21.8 Å². The molecule has 170 valence electrons. The minimum Gasteiger partial charge on any atom is -0.485 e. The number of hydrogen-bond donors (Lipinski definition) is 1. The van der Waals surface area contributed by atoms with Crippen LogP contribution in [0.2, 0.25) is 0 Å². The second kappa shape index (κ2) is 8.85. The predicted molar refractivity (Wildman–Crippen MR) is 110 cm³/mol. The third kappa shape index (κ3) is 5.07. The molecule has 0 radical (unpaired) electrons. The Morgan fingerprint density at radius 1 is 1.16 bits per heavy atom. The molecule has 0 aliphatic rings. The third-order valence-corrected chi connectivity index (χ3v) is 5.81. The molecule has 2 aromatic carbocycles. The van der Waals surface area contributed by atoms with Gasteiger partial charge in [0.05, 0.1) is 11.0 Å². The van der Waals surface area contributed by atoms with E-state index in [4.69, 9.17) is 4.74 Å². The number of ether oxygens (including phenoxy) is 1. The maximum absolute atomic E-state index is 14.7. The summed E-state index contributed by atoms with van der Waals surface area (Å²) in [6.07, 6.45) is -4.76. The van der Waals surface area contributed by atoms with Gasteiger partial charge in [0.25, 0.3) is 0 Å². The molecule has 0 saturated heterocycles. The highest BCUT2D eigenvalue weighted by atomic mass is 32.1. The van der Waals surface area contributed by atoms with Crippen LogP contribution < -0.4 is 4.74 Å². The van der Waals surface area contributed by atoms with Crippen LogP contribution in [0.25, 0.3) is 10.8 Å². The first kappa shape index (κ1) is 23.6. The first-order valence-corrected chi connectivity index (χ1v) is 10.4. The van der Waals surface area contributed by atoms with Crippen molar-refractivity contribution in [3.63, 3.8) is 0 Å². The van der Waals surface area contributed by atoms with Crippen molar-refractivity contribution in [2.45, 2.75) is 39.5 Å². The number of aromatic nitrogens is 1. The number of aliphatic carboxylic acids is 1. The Morgan fingerprint density at radius 3 is 2.41 bits per heavy atom. The standard InChI is InChI=1S/C22H19F4NO4S/c1-21(2,20(29)30)8-7-16(28)14-9-15(23)12-5-3-4-6-13(12)19(14)31-10-18-27-17(11-32-18)22(24,25)26/h3-6,9,11H,7-8,10H2,1-2H3,(H,29,30). The molecule has 0 atom stereocenters. The second-order valence-corrected chi connectivity index (χ2v) is 8.75. The van der Waals surface area contributed by atoms with E-state index in [1.165, 1.54) is 26.0 Å². The van der Waals surface area contributed by atoms with E-state index >= 15 is 0 Å². The number of carbonyl (C=O) groups excluding carboxylic acids is 1. The summed E-state index contributed by atoms with van der Waals surface area (Å²) in [6.45, 7) is 2.60. The molecular formula is C22H19F4NO4S. The molecule has 1 aromatic heterocycles. The zero-order valence-electron chi connectivity index (χ0n) is 17.1. The molecule has 0 amide bonds. The van der Waals surface area contributed by atoms with Crippen LogP contribution in [0.15, 0.2) is 35.7 Å². The molecule has 0 spiro atoms. The Hall–Kier alpha value is -3.01. The van der Waals surface area contributed by atoms with E-state index in [1.807, 2.05) is 0 Å². The van der Waals surface area contributed by atoms with E-state index in [1.54, 1.807) is 12.1 Å². The molecule has 0 unspecified atom stereocenters. The first-order valence-electron chi connectivity index (χ1n) is 9.52. The number of fused-ring (bicyclic) bond motifs is 1. The summed E-state index contributed by atoms with van der Waals surface area (Å²) in [5.74, 6) is -2.25. The average Bonchev–Trinajstić information content (AvgIpc) is 3.21. The van der Waals surface area contributed by atoms with Gasteiger partial charge in [-0.1, -0.05) is 24.3 Å². The van der Waals surface area contributed by atoms with Crippen molar-refractivity contribution in [2.24, 2.45) is 5.41 Å². The molecule has 10 heteroatoms. The van der Waals surface area contributed by atoms with Crippen LogP contribution in [-0.2, 0) is 17.6 Å². The maximum atomic E-state index is 14.7. The molecule has 0 aliphatic heterocycles. The van der Waals surface area contributed by atoms with Crippen molar-refractivity contribution in [3.05, 3.63) is 57.8 Å². The number of carboxylic acids is 1. The van der Waals surface area contributed by atoms with Gasteiger partial charge in [0.15, 0.2) is 11.5 Å². The van der Waals surface area contributed by atoms with Gasteiger partial charge >= 0.3 is 12.1 Å². The highest BCUT2D eigenvalue weighted by Gasteiger charge is 2.34. The SMILES string of the molecule is CC(C)(CCC(=O)c1cc(F)c2ccccc2c1OCc1nc(C(F)(F)F)cs1)C(=O)O. The second-order valence-electron chi connectivity index (χ2n) is 7.81. The lowest BCUT2D eigenvalue weighted by Crippen LogP contribution is -2.24. The number of ketones is 1. The van der Waals surface area contributed by atoms with Crippen LogP contribution in [0.3, 0.4) is 0 Å². The van der Waals surface area contributed by atoms with E-state index in [2.05, 4.69) is 4.98 Å². The molecule has 0 aliphatic carbocycles. The van der Waals surface area contributed by atoms with Gasteiger partial charge in [0.2, 0.25) is 0 Å². The summed E-state index contributed by atoms with van der Waals surface area (Å²) in [7, 11) is 0. The van der Waals surface area contributed by atoms with Gasteiger partial charge in [-0.15, -0.1) is 11.3 Å². The van der Waals surface area contributed by atoms with Gasteiger partial charge in [0, 0.05) is 22.6 Å². The van der Waals surface area contributed by atoms with E-state index in [0.29, 0.717) is 0 Å². The Labute approximate surface area is 184 Å². The third-order valence-electron chi connectivity index (χ3n) is 4.98. The topological polar surface area (TPSA) is 76.5 Å². The van der Waals surface area contributed by atoms with Crippen LogP contribution in [0.1, 0.15) is 47.7 Å². The summed E-state index contributed by atoms with van der Waals surface area (Å²) in [5.41, 5.74) is -2.31. The lowest BCUT2D eigenvalue weighted by molar-refractivity contribution is -0.147. The number of nitrogens with zero attached hydrogens (tertiary/aromatic N) is 1. The number of carbonyl (C=O) groups is 2. The van der Waals surface area contributed by atoms with Gasteiger partial charge < -0.3 is 9.84 Å². The van der Waals surface area contributed by atoms with Crippen molar-refractivity contribution < 1.29 is 37.0 Å². The number of carboxylic acid groups (broad SMARTS) is 1. The van der Waals surface area contributed by atoms with E-state index < -0.39 is 34.9 Å². The van der Waals surface area contributed by atoms with Gasteiger partial charge in [-0.05, 0) is 26.3 Å². The first-order chi connectivity index (χ1) is 14.9. The summed E-state index contributed by atoms with van der Waals surface area (Å²) in [5, 5.41) is 10.6. The van der Waals surface area contributed by atoms with E-state index in [-0.39, 0.29) is 46.5 Å². The molecule has 0 bridgehead atoms. The van der Waals surface area contributed by atoms with Crippen molar-refractivity contribution >= 4 is 33.9 Å².